The summed E-state index contributed by atoms with van der Waals surface area (Å²) in [4.78, 5) is 28.0. The Labute approximate surface area is 123 Å². The van der Waals surface area contributed by atoms with E-state index in [4.69, 9.17) is 0 Å². The molecular formula is C16H18N2O3. The van der Waals surface area contributed by atoms with Crippen LogP contribution in [0.3, 0.4) is 0 Å². The Morgan fingerprint density at radius 2 is 1.95 bits per heavy atom. The lowest BCUT2D eigenvalue weighted by Crippen LogP contribution is -2.48. The van der Waals surface area contributed by atoms with Crippen molar-refractivity contribution in [1.29, 1.82) is 0 Å². The highest BCUT2D eigenvalue weighted by atomic mass is 16.4. The Morgan fingerprint density at radius 3 is 2.52 bits per heavy atom. The van der Waals surface area contributed by atoms with Gasteiger partial charge in [-0.25, -0.2) is 0 Å². The predicted molar refractivity (Wildman–Crippen MR) is 76.1 cm³/mol. The van der Waals surface area contributed by atoms with Crippen molar-refractivity contribution in [2.75, 3.05) is 0 Å². The number of aliphatic carboxylic acids is 1. The first kappa shape index (κ1) is 13.8. The van der Waals surface area contributed by atoms with E-state index in [1.54, 1.807) is 12.4 Å². The van der Waals surface area contributed by atoms with Crippen molar-refractivity contribution in [3.8, 4) is 0 Å². The molecule has 110 valence electrons. The molecule has 0 spiro atoms. The van der Waals surface area contributed by atoms with Gasteiger partial charge in [-0.15, -0.1) is 0 Å². The van der Waals surface area contributed by atoms with E-state index in [-0.39, 0.29) is 17.7 Å². The molecule has 0 saturated heterocycles. The molecular weight excluding hydrogens is 268 g/mol. The fourth-order valence-electron chi connectivity index (χ4n) is 3.50. The van der Waals surface area contributed by atoms with E-state index in [1.165, 1.54) is 0 Å². The Hall–Kier alpha value is -2.17. The SMILES string of the molecule is O=C(NCc1cccnc1)[C@@H]1[C@H](C(=O)O)[C@H]2C=C[C@H]1CC2. The number of carboxylic acids is 1. The molecule has 1 saturated carbocycles. The third kappa shape index (κ3) is 2.68. The van der Waals surface area contributed by atoms with Crippen molar-refractivity contribution in [3.63, 3.8) is 0 Å². The van der Waals surface area contributed by atoms with Crippen molar-refractivity contribution in [2.24, 2.45) is 23.7 Å². The molecule has 1 aromatic rings. The van der Waals surface area contributed by atoms with Gasteiger partial charge in [-0.05, 0) is 36.3 Å². The molecule has 2 N–H and O–H groups in total. The summed E-state index contributed by atoms with van der Waals surface area (Å²) in [6.45, 7) is 0.386. The van der Waals surface area contributed by atoms with Crippen molar-refractivity contribution in [1.82, 2.24) is 10.3 Å². The van der Waals surface area contributed by atoms with Gasteiger partial charge in [0.25, 0.3) is 0 Å². The normalized spacial score (nSPS) is 30.1. The zero-order valence-electron chi connectivity index (χ0n) is 11.6. The summed E-state index contributed by atoms with van der Waals surface area (Å²) in [5.74, 6) is -2.04. The van der Waals surface area contributed by atoms with E-state index in [1.807, 2.05) is 24.3 Å². The molecule has 5 nitrogen and oxygen atoms in total. The number of amides is 1. The molecule has 0 radical (unpaired) electrons. The van der Waals surface area contributed by atoms with Gasteiger partial charge in [-0.2, -0.15) is 0 Å². The molecule has 3 aliphatic rings. The van der Waals surface area contributed by atoms with Crippen LogP contribution in [-0.2, 0) is 16.1 Å². The van der Waals surface area contributed by atoms with Crippen LogP contribution >= 0.6 is 0 Å². The van der Waals surface area contributed by atoms with Gasteiger partial charge >= 0.3 is 5.97 Å². The van der Waals surface area contributed by atoms with Gasteiger partial charge in [0.1, 0.15) is 0 Å². The van der Waals surface area contributed by atoms with Crippen LogP contribution in [0.25, 0.3) is 0 Å². The van der Waals surface area contributed by atoms with Gasteiger partial charge in [0, 0.05) is 18.9 Å². The van der Waals surface area contributed by atoms with E-state index in [2.05, 4.69) is 10.3 Å². The number of allylic oxidation sites excluding steroid dienone is 2. The Morgan fingerprint density at radius 1 is 1.24 bits per heavy atom. The number of nitrogens with one attached hydrogen (secondary N) is 1. The summed E-state index contributed by atoms with van der Waals surface area (Å²) in [6, 6.07) is 3.70. The van der Waals surface area contributed by atoms with Gasteiger partial charge in [0.05, 0.1) is 11.8 Å². The largest absolute Gasteiger partial charge is 0.481 e. The van der Waals surface area contributed by atoms with Crippen LogP contribution in [0.15, 0.2) is 36.7 Å². The molecule has 4 rings (SSSR count). The second-order valence-corrected chi connectivity index (χ2v) is 5.76. The highest BCUT2D eigenvalue weighted by Gasteiger charge is 2.47. The number of nitrogens with zero attached hydrogens (tertiary/aromatic N) is 1. The minimum atomic E-state index is -0.865. The van der Waals surface area contributed by atoms with Crippen LogP contribution in [0.4, 0.5) is 0 Å². The molecule has 3 aliphatic carbocycles. The number of carbonyl (C=O) groups is 2. The maximum atomic E-state index is 12.4. The summed E-state index contributed by atoms with van der Waals surface area (Å²) in [5.41, 5.74) is 0.911. The molecule has 1 fully saturated rings. The van der Waals surface area contributed by atoms with E-state index >= 15 is 0 Å². The maximum Gasteiger partial charge on any atom is 0.307 e. The van der Waals surface area contributed by atoms with Gasteiger partial charge < -0.3 is 10.4 Å². The molecule has 0 unspecified atom stereocenters. The number of hydrogen-bond acceptors (Lipinski definition) is 3. The number of hydrogen-bond donors (Lipinski definition) is 2. The highest BCUT2D eigenvalue weighted by Crippen LogP contribution is 2.45. The molecule has 21 heavy (non-hydrogen) atoms. The first-order chi connectivity index (χ1) is 10.2. The zero-order chi connectivity index (χ0) is 14.8. The van der Waals surface area contributed by atoms with Crippen molar-refractivity contribution >= 4 is 11.9 Å². The second kappa shape index (κ2) is 5.68. The lowest BCUT2D eigenvalue weighted by atomic mass is 9.62. The number of carbonyl (C=O) groups excluding carboxylic acids is 1. The van der Waals surface area contributed by atoms with E-state index in [9.17, 15) is 14.7 Å². The Kier molecular flexibility index (Phi) is 3.73. The van der Waals surface area contributed by atoms with Gasteiger partial charge in [0.15, 0.2) is 0 Å². The van der Waals surface area contributed by atoms with E-state index in [0.29, 0.717) is 6.54 Å². The topological polar surface area (TPSA) is 79.3 Å². The third-order valence-electron chi connectivity index (χ3n) is 4.53. The first-order valence-electron chi connectivity index (χ1n) is 7.24. The minimum Gasteiger partial charge on any atom is -0.481 e. The second-order valence-electron chi connectivity index (χ2n) is 5.76. The zero-order valence-corrected chi connectivity index (χ0v) is 11.6. The summed E-state index contributed by atoms with van der Waals surface area (Å²) >= 11 is 0. The summed E-state index contributed by atoms with van der Waals surface area (Å²) in [5, 5.41) is 12.3. The number of aromatic nitrogens is 1. The first-order valence-corrected chi connectivity index (χ1v) is 7.24. The number of pyridine rings is 1. The molecule has 1 heterocycles. The third-order valence-corrected chi connectivity index (χ3v) is 4.53. The molecule has 1 aromatic heterocycles. The number of fused-ring (bicyclic) bond motifs is 2. The van der Waals surface area contributed by atoms with Gasteiger partial charge in [0.2, 0.25) is 5.91 Å². The molecule has 2 bridgehead atoms. The average molecular weight is 286 g/mol. The summed E-state index contributed by atoms with van der Waals surface area (Å²) < 4.78 is 0. The molecule has 4 atom stereocenters. The predicted octanol–water partition coefficient (Wildman–Crippen LogP) is 1.61. The molecule has 0 aromatic carbocycles. The minimum absolute atomic E-state index is 0.0124. The van der Waals surface area contributed by atoms with Crippen molar-refractivity contribution in [3.05, 3.63) is 42.2 Å². The molecule has 0 aliphatic heterocycles. The van der Waals surface area contributed by atoms with Crippen LogP contribution in [0.5, 0.6) is 0 Å². The monoisotopic (exact) mass is 286 g/mol. The fraction of sp³-hybridized carbons (Fsp3) is 0.438. The summed E-state index contributed by atoms with van der Waals surface area (Å²) in [6.07, 6.45) is 9.12. The molecule has 5 heteroatoms. The van der Waals surface area contributed by atoms with Gasteiger partial charge in [-0.3, -0.25) is 14.6 Å². The van der Waals surface area contributed by atoms with Crippen molar-refractivity contribution < 1.29 is 14.7 Å². The van der Waals surface area contributed by atoms with Crippen LogP contribution in [0.2, 0.25) is 0 Å². The standard InChI is InChI=1S/C16H18N2O3/c19-15(18-9-10-2-1-7-17-8-10)13-11-3-5-12(6-4-11)14(13)16(20)21/h1-3,5,7-8,11-14H,4,6,9H2,(H,18,19)(H,20,21)/t11-,12-,13-,14+/m0/s1. The van der Waals surface area contributed by atoms with Crippen LogP contribution < -0.4 is 5.32 Å². The van der Waals surface area contributed by atoms with E-state index < -0.39 is 17.8 Å². The smallest absolute Gasteiger partial charge is 0.307 e. The average Bonchev–Trinajstić information content (AvgIpc) is 2.53. The number of carboxylic acid groups (broad SMARTS) is 1. The lowest BCUT2D eigenvalue weighted by molar-refractivity contribution is -0.153. The quantitative estimate of drug-likeness (QED) is 0.824. The Bertz CT molecular complexity index is 570. The van der Waals surface area contributed by atoms with Gasteiger partial charge in [-0.1, -0.05) is 18.2 Å². The lowest BCUT2D eigenvalue weighted by Gasteiger charge is -2.41. The van der Waals surface area contributed by atoms with Crippen molar-refractivity contribution in [2.45, 2.75) is 19.4 Å². The maximum absolute atomic E-state index is 12.4. The Balaban J connectivity index is 1.71. The van der Waals surface area contributed by atoms with Crippen LogP contribution in [-0.4, -0.2) is 22.0 Å². The van der Waals surface area contributed by atoms with E-state index in [0.717, 1.165) is 18.4 Å². The fourth-order valence-corrected chi connectivity index (χ4v) is 3.50. The highest BCUT2D eigenvalue weighted by molar-refractivity contribution is 5.86. The van der Waals surface area contributed by atoms with Crippen LogP contribution in [0, 0.1) is 23.7 Å². The number of rotatable bonds is 4. The summed E-state index contributed by atoms with van der Waals surface area (Å²) in [7, 11) is 0. The molecule has 1 amide bonds. The van der Waals surface area contributed by atoms with Crippen LogP contribution in [0.1, 0.15) is 18.4 Å².